The van der Waals surface area contributed by atoms with Crippen LogP contribution in [0.3, 0.4) is 0 Å². The third kappa shape index (κ3) is 4.53. The molecule has 2 amide bonds. The van der Waals surface area contributed by atoms with E-state index in [4.69, 9.17) is 11.6 Å². The fraction of sp³-hybridized carbons (Fsp3) is 0.417. The summed E-state index contributed by atoms with van der Waals surface area (Å²) in [5.41, 5.74) is 0.992. The van der Waals surface area contributed by atoms with Crippen LogP contribution in [0.15, 0.2) is 24.3 Å². The van der Waals surface area contributed by atoms with Crippen molar-refractivity contribution in [1.82, 2.24) is 10.6 Å². The monoisotopic (exact) mass is 240 g/mol. The molecule has 0 aromatic heterocycles. The average Bonchev–Trinajstić information content (AvgIpc) is 2.26. The summed E-state index contributed by atoms with van der Waals surface area (Å²) in [6.07, 6.45) is 0.921. The zero-order valence-corrected chi connectivity index (χ0v) is 10.3. The molecule has 0 aliphatic rings. The number of rotatable bonds is 4. The smallest absolute Gasteiger partial charge is 0.315 e. The molecule has 1 aromatic rings. The van der Waals surface area contributed by atoms with Crippen LogP contribution in [0, 0.1) is 0 Å². The van der Waals surface area contributed by atoms with E-state index < -0.39 is 0 Å². The maximum atomic E-state index is 11.4. The fourth-order valence-corrected chi connectivity index (χ4v) is 1.42. The first-order chi connectivity index (χ1) is 7.61. The number of benzene rings is 1. The molecule has 4 heteroatoms. The highest BCUT2D eigenvalue weighted by Crippen LogP contribution is 2.10. The molecular formula is C12H17ClN2O. The van der Waals surface area contributed by atoms with E-state index in [2.05, 4.69) is 10.6 Å². The van der Waals surface area contributed by atoms with Crippen LogP contribution in [0.1, 0.15) is 25.8 Å². The van der Waals surface area contributed by atoms with Gasteiger partial charge in [-0.15, -0.1) is 0 Å². The molecule has 0 saturated heterocycles. The molecule has 1 rings (SSSR count). The molecule has 0 radical (unpaired) electrons. The molecule has 1 aromatic carbocycles. The van der Waals surface area contributed by atoms with Gasteiger partial charge in [-0.05, 0) is 31.0 Å². The summed E-state index contributed by atoms with van der Waals surface area (Å²) < 4.78 is 0. The predicted octanol–water partition coefficient (Wildman–Crippen LogP) is 2.94. The van der Waals surface area contributed by atoms with Crippen LogP contribution in [0.4, 0.5) is 4.79 Å². The largest absolute Gasteiger partial charge is 0.336 e. The lowest BCUT2D eigenvalue weighted by atomic mass is 10.2. The molecule has 2 N–H and O–H groups in total. The molecule has 0 fully saturated rings. The molecule has 0 bridgehead atoms. The van der Waals surface area contributed by atoms with E-state index in [1.807, 2.05) is 38.1 Å². The summed E-state index contributed by atoms with van der Waals surface area (Å²) >= 11 is 5.84. The van der Waals surface area contributed by atoms with Crippen molar-refractivity contribution in [3.8, 4) is 0 Å². The van der Waals surface area contributed by atoms with E-state index >= 15 is 0 Å². The minimum absolute atomic E-state index is 0.144. The van der Waals surface area contributed by atoms with Gasteiger partial charge in [0.15, 0.2) is 0 Å². The molecule has 0 spiro atoms. The summed E-state index contributed by atoms with van der Waals surface area (Å²) in [6, 6.07) is 7.49. The van der Waals surface area contributed by atoms with Gasteiger partial charge in [-0.25, -0.2) is 4.79 Å². The van der Waals surface area contributed by atoms with Gasteiger partial charge in [0.2, 0.25) is 0 Å². The number of hydrogen-bond donors (Lipinski definition) is 2. The minimum atomic E-state index is -0.144. The highest BCUT2D eigenvalue weighted by atomic mass is 35.5. The van der Waals surface area contributed by atoms with E-state index in [1.165, 1.54) is 0 Å². The van der Waals surface area contributed by atoms with Crippen molar-refractivity contribution in [2.45, 2.75) is 32.9 Å². The van der Waals surface area contributed by atoms with Crippen molar-refractivity contribution in [3.05, 3.63) is 34.9 Å². The second-order valence-electron chi connectivity index (χ2n) is 3.77. The molecule has 3 nitrogen and oxygen atoms in total. The number of hydrogen-bond acceptors (Lipinski definition) is 1. The SMILES string of the molecule is CCC(C)NC(=O)NCc1cccc(Cl)c1. The Kier molecular flexibility index (Phi) is 5.12. The Morgan fingerprint density at radius 2 is 2.25 bits per heavy atom. The van der Waals surface area contributed by atoms with E-state index in [0.717, 1.165) is 12.0 Å². The summed E-state index contributed by atoms with van der Waals surface area (Å²) in [5.74, 6) is 0. The first kappa shape index (κ1) is 12.8. The second kappa shape index (κ2) is 6.38. The lowest BCUT2D eigenvalue weighted by Crippen LogP contribution is -2.40. The Labute approximate surface area is 101 Å². The number of amides is 2. The molecule has 1 atom stereocenters. The van der Waals surface area contributed by atoms with Crippen LogP contribution >= 0.6 is 11.6 Å². The van der Waals surface area contributed by atoms with Crippen molar-refractivity contribution in [1.29, 1.82) is 0 Å². The van der Waals surface area contributed by atoms with Crippen molar-refractivity contribution in [3.63, 3.8) is 0 Å². The molecular weight excluding hydrogens is 224 g/mol. The van der Waals surface area contributed by atoms with Gasteiger partial charge < -0.3 is 10.6 Å². The summed E-state index contributed by atoms with van der Waals surface area (Å²) in [4.78, 5) is 11.4. The number of nitrogens with one attached hydrogen (secondary N) is 2. The lowest BCUT2D eigenvalue weighted by molar-refractivity contribution is 0.237. The Morgan fingerprint density at radius 1 is 1.50 bits per heavy atom. The van der Waals surface area contributed by atoms with Gasteiger partial charge >= 0.3 is 6.03 Å². The van der Waals surface area contributed by atoms with Crippen LogP contribution in [0.25, 0.3) is 0 Å². The molecule has 0 saturated carbocycles. The molecule has 88 valence electrons. The normalized spacial score (nSPS) is 11.9. The van der Waals surface area contributed by atoms with Crippen molar-refractivity contribution >= 4 is 17.6 Å². The van der Waals surface area contributed by atoms with Gasteiger partial charge in [-0.3, -0.25) is 0 Å². The molecule has 0 aliphatic heterocycles. The van der Waals surface area contributed by atoms with Gasteiger partial charge in [0, 0.05) is 17.6 Å². The average molecular weight is 241 g/mol. The number of carbonyl (C=O) groups is 1. The Balaban J connectivity index is 2.37. The number of carbonyl (C=O) groups excluding carboxylic acids is 1. The van der Waals surface area contributed by atoms with Crippen molar-refractivity contribution in [2.75, 3.05) is 0 Å². The van der Waals surface area contributed by atoms with Gasteiger partial charge in [0.25, 0.3) is 0 Å². The topological polar surface area (TPSA) is 41.1 Å². The summed E-state index contributed by atoms with van der Waals surface area (Å²) in [6.45, 7) is 4.49. The fourth-order valence-electron chi connectivity index (χ4n) is 1.21. The van der Waals surface area contributed by atoms with Gasteiger partial charge in [-0.1, -0.05) is 30.7 Å². The number of halogens is 1. The molecule has 0 aliphatic carbocycles. The van der Waals surface area contributed by atoms with Crippen molar-refractivity contribution in [2.24, 2.45) is 0 Å². The van der Waals surface area contributed by atoms with Crippen LogP contribution in [0.5, 0.6) is 0 Å². The zero-order valence-electron chi connectivity index (χ0n) is 9.59. The molecule has 1 unspecified atom stereocenters. The number of urea groups is 1. The highest BCUT2D eigenvalue weighted by molar-refractivity contribution is 6.30. The third-order valence-electron chi connectivity index (χ3n) is 2.33. The Hall–Kier alpha value is -1.22. The van der Waals surface area contributed by atoms with Crippen LogP contribution in [-0.4, -0.2) is 12.1 Å². The van der Waals surface area contributed by atoms with Crippen LogP contribution in [0.2, 0.25) is 5.02 Å². The molecule has 16 heavy (non-hydrogen) atoms. The van der Waals surface area contributed by atoms with Crippen LogP contribution in [-0.2, 0) is 6.54 Å². The summed E-state index contributed by atoms with van der Waals surface area (Å²) in [7, 11) is 0. The lowest BCUT2D eigenvalue weighted by Gasteiger charge is -2.12. The van der Waals surface area contributed by atoms with Gasteiger partial charge in [0.05, 0.1) is 0 Å². The van der Waals surface area contributed by atoms with E-state index in [9.17, 15) is 4.79 Å². The van der Waals surface area contributed by atoms with Gasteiger partial charge in [-0.2, -0.15) is 0 Å². The van der Waals surface area contributed by atoms with Crippen LogP contribution < -0.4 is 10.6 Å². The van der Waals surface area contributed by atoms with Crippen molar-refractivity contribution < 1.29 is 4.79 Å². The Morgan fingerprint density at radius 3 is 2.88 bits per heavy atom. The Bertz CT molecular complexity index is 355. The predicted molar refractivity (Wildman–Crippen MR) is 66.6 cm³/mol. The zero-order chi connectivity index (χ0) is 12.0. The maximum absolute atomic E-state index is 11.4. The second-order valence-corrected chi connectivity index (χ2v) is 4.20. The standard InChI is InChI=1S/C12H17ClN2O/c1-3-9(2)15-12(16)14-8-10-5-4-6-11(13)7-10/h4-7,9H,3,8H2,1-2H3,(H2,14,15,16). The van der Waals surface area contributed by atoms with E-state index in [1.54, 1.807) is 0 Å². The van der Waals surface area contributed by atoms with E-state index in [-0.39, 0.29) is 12.1 Å². The minimum Gasteiger partial charge on any atom is -0.336 e. The quantitative estimate of drug-likeness (QED) is 0.835. The first-order valence-corrected chi connectivity index (χ1v) is 5.78. The highest BCUT2D eigenvalue weighted by Gasteiger charge is 2.04. The van der Waals surface area contributed by atoms with E-state index in [0.29, 0.717) is 11.6 Å². The molecule has 0 heterocycles. The summed E-state index contributed by atoms with van der Waals surface area (Å²) in [5, 5.41) is 6.30. The first-order valence-electron chi connectivity index (χ1n) is 5.40. The maximum Gasteiger partial charge on any atom is 0.315 e. The third-order valence-corrected chi connectivity index (χ3v) is 2.57. The van der Waals surface area contributed by atoms with Gasteiger partial charge in [0.1, 0.15) is 0 Å².